The van der Waals surface area contributed by atoms with Crippen molar-refractivity contribution in [3.63, 3.8) is 0 Å². The molecular weight excluding hydrogens is 654 g/mol. The summed E-state index contributed by atoms with van der Waals surface area (Å²) in [6.45, 7) is 28.5. The lowest BCUT2D eigenvalue weighted by molar-refractivity contribution is -0.133. The quantitative estimate of drug-likeness (QED) is 0.0694. The van der Waals surface area contributed by atoms with Gasteiger partial charge in [0, 0.05) is 25.6 Å². The summed E-state index contributed by atoms with van der Waals surface area (Å²) in [4.78, 5) is 50.2. The third-order valence-electron chi connectivity index (χ3n) is 6.70. The molecule has 0 aliphatic carbocycles. The normalized spacial score (nSPS) is 10.7. The van der Waals surface area contributed by atoms with Gasteiger partial charge in [0.2, 0.25) is 23.6 Å². The molecule has 11 heteroatoms. The molecular formula is C41H85N7O4. The lowest BCUT2D eigenvalue weighted by Crippen LogP contribution is -2.54. The maximum Gasteiger partial charge on any atom is 0.243 e. The Labute approximate surface area is 321 Å². The number of carbonyl (C=O) groups is 4. The van der Waals surface area contributed by atoms with Gasteiger partial charge in [-0.2, -0.15) is 0 Å². The van der Waals surface area contributed by atoms with Crippen molar-refractivity contribution >= 4 is 23.6 Å². The van der Waals surface area contributed by atoms with Gasteiger partial charge in [-0.05, 0) is 78.6 Å². The van der Waals surface area contributed by atoms with Gasteiger partial charge in [-0.15, -0.1) is 0 Å². The number of nitrogens with one attached hydrogen (secondary N) is 7. The minimum Gasteiger partial charge on any atom is -0.358 e. The molecule has 1 aromatic rings. The number of carbonyl (C=O) groups excluding carboxylic acids is 4. The number of likely N-dealkylation sites (N-methyl/N-ethyl adjacent to an activating group) is 1. The van der Waals surface area contributed by atoms with E-state index in [1.165, 1.54) is 12.6 Å². The summed E-state index contributed by atoms with van der Waals surface area (Å²) in [5, 5.41) is 20.5. The number of aryl methyl sites for hydroxylation is 1. The second-order valence-corrected chi connectivity index (χ2v) is 11.6. The van der Waals surface area contributed by atoms with E-state index in [-0.39, 0.29) is 24.3 Å². The van der Waals surface area contributed by atoms with Crippen molar-refractivity contribution in [2.45, 2.75) is 166 Å². The van der Waals surface area contributed by atoms with Gasteiger partial charge >= 0.3 is 0 Å². The highest BCUT2D eigenvalue weighted by atomic mass is 16.2. The largest absolute Gasteiger partial charge is 0.358 e. The van der Waals surface area contributed by atoms with E-state index in [0.717, 1.165) is 45.3 Å². The van der Waals surface area contributed by atoms with Crippen LogP contribution in [0.3, 0.4) is 0 Å². The summed E-state index contributed by atoms with van der Waals surface area (Å²) < 4.78 is 0. The van der Waals surface area contributed by atoms with Crippen LogP contribution in [-0.2, 0) is 19.2 Å². The average Bonchev–Trinajstić information content (AvgIpc) is 3.16. The van der Waals surface area contributed by atoms with Crippen LogP contribution in [0.15, 0.2) is 30.3 Å². The van der Waals surface area contributed by atoms with Gasteiger partial charge in [-0.3, -0.25) is 19.2 Å². The van der Waals surface area contributed by atoms with Crippen molar-refractivity contribution in [3.8, 4) is 0 Å². The van der Waals surface area contributed by atoms with Crippen molar-refractivity contribution < 1.29 is 19.2 Å². The topological polar surface area (TPSA) is 152 Å². The highest BCUT2D eigenvalue weighted by Crippen LogP contribution is 2.07. The SMILES string of the molecule is CC.CC.CC.CC.CNCCCCC(NC(=O)CCCNC(C)C)C(=O)N[C@@H](CCCCNC(C)C)C(=O)NCC(=O)NC.Cc1ccccc1. The molecule has 0 aromatic heterocycles. The molecule has 308 valence electrons. The molecule has 1 aromatic carbocycles. The molecule has 2 atom stereocenters. The van der Waals surface area contributed by atoms with E-state index in [0.29, 0.717) is 37.8 Å². The minimum atomic E-state index is -0.789. The molecule has 7 N–H and O–H groups in total. The zero-order chi connectivity index (χ0) is 41.2. The molecule has 0 radical (unpaired) electrons. The Morgan fingerprint density at radius 2 is 1.04 bits per heavy atom. The van der Waals surface area contributed by atoms with Crippen LogP contribution in [0.1, 0.15) is 140 Å². The Morgan fingerprint density at radius 3 is 1.46 bits per heavy atom. The zero-order valence-corrected chi connectivity index (χ0v) is 36.3. The highest BCUT2D eigenvalue weighted by molar-refractivity contribution is 5.93. The maximum atomic E-state index is 13.2. The van der Waals surface area contributed by atoms with Crippen LogP contribution >= 0.6 is 0 Å². The molecule has 0 heterocycles. The maximum absolute atomic E-state index is 13.2. The first-order chi connectivity index (χ1) is 25.0. The standard InChI is InChI=1S/C26H53N7O4.C7H8.4C2H6/c1-19(2)29-16-10-8-12-21(25(36)31-18-24(35)28-6)33-26(37)22(13-7-9-15-27-5)32-23(34)14-11-17-30-20(3)4;1-7-5-3-2-4-6-7;4*1-2/h19-22,27,29-30H,7-18H2,1-6H3,(H,28,35)(H,31,36)(H,32,34)(H,33,37);2-6H,1H3;4*1-2H3/t21-,22?;;;;;/m0...../s1. The van der Waals surface area contributed by atoms with Crippen LogP contribution in [-0.4, -0.2) is 88.1 Å². The van der Waals surface area contributed by atoms with E-state index in [4.69, 9.17) is 0 Å². The predicted molar refractivity (Wildman–Crippen MR) is 225 cm³/mol. The Bertz CT molecular complexity index is 916. The molecule has 0 fully saturated rings. The summed E-state index contributed by atoms with van der Waals surface area (Å²) >= 11 is 0. The summed E-state index contributed by atoms with van der Waals surface area (Å²) in [5.41, 5.74) is 1.32. The molecule has 1 rings (SSSR count). The first-order valence-corrected chi connectivity index (χ1v) is 20.2. The van der Waals surface area contributed by atoms with Crippen molar-refractivity contribution in [3.05, 3.63) is 35.9 Å². The smallest absolute Gasteiger partial charge is 0.243 e. The van der Waals surface area contributed by atoms with Crippen molar-refractivity contribution in [1.29, 1.82) is 0 Å². The van der Waals surface area contributed by atoms with E-state index in [1.807, 2.05) is 94.5 Å². The molecule has 0 aliphatic heterocycles. The van der Waals surface area contributed by atoms with Crippen LogP contribution in [0.25, 0.3) is 0 Å². The van der Waals surface area contributed by atoms with Gasteiger partial charge in [-0.1, -0.05) is 119 Å². The van der Waals surface area contributed by atoms with Gasteiger partial charge in [0.25, 0.3) is 0 Å². The molecule has 11 nitrogen and oxygen atoms in total. The van der Waals surface area contributed by atoms with Crippen LogP contribution < -0.4 is 37.2 Å². The summed E-state index contributed by atoms with van der Waals surface area (Å²) in [5.74, 6) is -1.28. The summed E-state index contributed by atoms with van der Waals surface area (Å²) in [6.07, 6.45) is 5.10. The van der Waals surface area contributed by atoms with Gasteiger partial charge < -0.3 is 37.2 Å². The number of hydrogen-bond acceptors (Lipinski definition) is 7. The lowest BCUT2D eigenvalue weighted by Gasteiger charge is -2.23. The lowest BCUT2D eigenvalue weighted by atomic mass is 10.0. The van der Waals surface area contributed by atoms with Crippen molar-refractivity contribution in [2.24, 2.45) is 0 Å². The fourth-order valence-electron chi connectivity index (χ4n) is 4.14. The second-order valence-electron chi connectivity index (χ2n) is 11.6. The Balaban J connectivity index is -0.000000413. The molecule has 0 spiro atoms. The second kappa shape index (κ2) is 46.0. The van der Waals surface area contributed by atoms with Crippen LogP contribution in [0, 0.1) is 6.92 Å². The Hall–Kier alpha value is -3.02. The van der Waals surface area contributed by atoms with Crippen LogP contribution in [0.2, 0.25) is 0 Å². The predicted octanol–water partition coefficient (Wildman–Crippen LogP) is 6.25. The van der Waals surface area contributed by atoms with Crippen LogP contribution in [0.5, 0.6) is 0 Å². The van der Waals surface area contributed by atoms with Crippen molar-refractivity contribution in [1.82, 2.24) is 37.2 Å². The zero-order valence-electron chi connectivity index (χ0n) is 36.3. The van der Waals surface area contributed by atoms with E-state index in [9.17, 15) is 19.2 Å². The summed E-state index contributed by atoms with van der Waals surface area (Å²) in [7, 11) is 3.37. The third kappa shape index (κ3) is 41.4. The summed E-state index contributed by atoms with van der Waals surface area (Å²) in [6, 6.07) is 9.47. The number of benzene rings is 1. The van der Waals surface area contributed by atoms with Gasteiger partial charge in [0.05, 0.1) is 6.54 Å². The average molecular weight is 740 g/mol. The fraction of sp³-hybridized carbons (Fsp3) is 0.756. The number of unbranched alkanes of at least 4 members (excludes halogenated alkanes) is 2. The molecule has 0 saturated carbocycles. The molecule has 4 amide bonds. The number of rotatable bonds is 22. The Morgan fingerprint density at radius 1 is 0.577 bits per heavy atom. The van der Waals surface area contributed by atoms with Crippen molar-refractivity contribution in [2.75, 3.05) is 40.3 Å². The van der Waals surface area contributed by atoms with Crippen LogP contribution in [0.4, 0.5) is 0 Å². The van der Waals surface area contributed by atoms with Gasteiger partial charge in [0.15, 0.2) is 0 Å². The highest BCUT2D eigenvalue weighted by Gasteiger charge is 2.26. The first kappa shape index (κ1) is 58.3. The third-order valence-corrected chi connectivity index (χ3v) is 6.70. The molecule has 0 aliphatic rings. The fourth-order valence-corrected chi connectivity index (χ4v) is 4.14. The molecule has 52 heavy (non-hydrogen) atoms. The van der Waals surface area contributed by atoms with Gasteiger partial charge in [-0.25, -0.2) is 0 Å². The van der Waals surface area contributed by atoms with E-state index in [2.05, 4.69) is 70.1 Å². The number of amides is 4. The Kier molecular flexibility index (Phi) is 51.6. The number of hydrogen-bond donors (Lipinski definition) is 7. The van der Waals surface area contributed by atoms with E-state index in [1.54, 1.807) is 0 Å². The van der Waals surface area contributed by atoms with E-state index < -0.39 is 18.0 Å². The molecule has 0 saturated heterocycles. The monoisotopic (exact) mass is 740 g/mol. The van der Waals surface area contributed by atoms with E-state index >= 15 is 0 Å². The minimum absolute atomic E-state index is 0.162. The molecule has 1 unspecified atom stereocenters. The first-order valence-electron chi connectivity index (χ1n) is 20.2. The molecule has 0 bridgehead atoms. The van der Waals surface area contributed by atoms with Gasteiger partial charge in [0.1, 0.15) is 12.1 Å².